The lowest BCUT2D eigenvalue weighted by Crippen LogP contribution is -2.31. The second-order valence-corrected chi connectivity index (χ2v) is 4.56. The number of nitrogens with one attached hydrogen (secondary N) is 1. The first-order valence-electron chi connectivity index (χ1n) is 5.96. The van der Waals surface area contributed by atoms with Crippen LogP contribution in [0.5, 0.6) is 0 Å². The van der Waals surface area contributed by atoms with E-state index < -0.39 is 0 Å². The van der Waals surface area contributed by atoms with E-state index in [1.54, 1.807) is 21.9 Å². The number of aryl methyl sites for hydroxylation is 1. The van der Waals surface area contributed by atoms with Crippen LogP contribution in [0.1, 0.15) is 25.5 Å². The Morgan fingerprint density at radius 2 is 2.33 bits per heavy atom. The van der Waals surface area contributed by atoms with Crippen molar-refractivity contribution in [2.75, 3.05) is 6.54 Å². The molecule has 0 aromatic carbocycles. The molecule has 1 fully saturated rings. The number of aromatic nitrogens is 2. The molecular weight excluding hydrogens is 248 g/mol. The molecule has 1 N–H and O–H groups in total. The summed E-state index contributed by atoms with van der Waals surface area (Å²) < 4.78 is 1.71. The molecule has 18 heavy (non-hydrogen) atoms. The number of carbonyl (C=O) groups excluding carboxylic acids is 1. The molecule has 5 nitrogen and oxygen atoms in total. The molecule has 96 valence electrons. The Kier molecular flexibility index (Phi) is 3.76. The predicted octanol–water partition coefficient (Wildman–Crippen LogP) is 1.28. The number of hydrogen-bond donors (Lipinski definition) is 1. The maximum absolute atomic E-state index is 12.1. The first kappa shape index (κ1) is 12.8. The van der Waals surface area contributed by atoms with Gasteiger partial charge in [-0.05, 0) is 30.8 Å². The SMILES string of the molecule is CCCCN1C(=O)/C(=C\c2ccnn2C)NC1=S. The Morgan fingerprint density at radius 3 is 2.94 bits per heavy atom. The minimum Gasteiger partial charge on any atom is -0.328 e. The topological polar surface area (TPSA) is 50.2 Å². The van der Waals surface area contributed by atoms with Crippen LogP contribution < -0.4 is 5.32 Å². The molecular formula is C12H16N4OS. The van der Waals surface area contributed by atoms with Crippen LogP contribution in [0.4, 0.5) is 0 Å². The van der Waals surface area contributed by atoms with Crippen LogP contribution >= 0.6 is 12.2 Å². The summed E-state index contributed by atoms with van der Waals surface area (Å²) in [6, 6.07) is 1.85. The molecule has 6 heteroatoms. The van der Waals surface area contributed by atoms with Gasteiger partial charge in [0.05, 0.1) is 5.69 Å². The third-order valence-corrected chi connectivity index (χ3v) is 3.17. The van der Waals surface area contributed by atoms with E-state index in [9.17, 15) is 4.79 Å². The summed E-state index contributed by atoms with van der Waals surface area (Å²) in [5.41, 5.74) is 1.38. The van der Waals surface area contributed by atoms with Crippen molar-refractivity contribution in [3.63, 3.8) is 0 Å². The molecule has 0 radical (unpaired) electrons. The Morgan fingerprint density at radius 1 is 1.56 bits per heavy atom. The molecule has 1 aliphatic heterocycles. The molecule has 1 amide bonds. The van der Waals surface area contributed by atoms with E-state index >= 15 is 0 Å². The molecule has 0 atom stereocenters. The predicted molar refractivity (Wildman–Crippen MR) is 73.5 cm³/mol. The van der Waals surface area contributed by atoms with Crippen molar-refractivity contribution < 1.29 is 4.79 Å². The largest absolute Gasteiger partial charge is 0.328 e. The van der Waals surface area contributed by atoms with Gasteiger partial charge in [0.15, 0.2) is 5.11 Å². The van der Waals surface area contributed by atoms with Crippen molar-refractivity contribution in [3.05, 3.63) is 23.7 Å². The minimum atomic E-state index is -0.0605. The minimum absolute atomic E-state index is 0.0605. The zero-order valence-corrected chi connectivity index (χ0v) is 11.3. The van der Waals surface area contributed by atoms with Crippen LogP contribution in [0.25, 0.3) is 6.08 Å². The Hall–Kier alpha value is -1.69. The molecule has 0 unspecified atom stereocenters. The van der Waals surface area contributed by atoms with E-state index in [0.29, 0.717) is 17.4 Å². The van der Waals surface area contributed by atoms with Crippen LogP contribution in [-0.4, -0.2) is 32.2 Å². The number of nitrogens with zero attached hydrogens (tertiary/aromatic N) is 3. The van der Waals surface area contributed by atoms with Crippen molar-refractivity contribution in [2.24, 2.45) is 7.05 Å². The molecule has 0 bridgehead atoms. The summed E-state index contributed by atoms with van der Waals surface area (Å²) >= 11 is 5.17. The van der Waals surface area contributed by atoms with Crippen molar-refractivity contribution >= 4 is 29.3 Å². The molecule has 2 rings (SSSR count). The van der Waals surface area contributed by atoms with Gasteiger partial charge in [-0.2, -0.15) is 5.10 Å². The molecule has 2 heterocycles. The van der Waals surface area contributed by atoms with Gasteiger partial charge in [-0.25, -0.2) is 0 Å². The van der Waals surface area contributed by atoms with Crippen LogP contribution in [-0.2, 0) is 11.8 Å². The summed E-state index contributed by atoms with van der Waals surface area (Å²) in [5.74, 6) is -0.0605. The summed E-state index contributed by atoms with van der Waals surface area (Å²) in [4.78, 5) is 13.7. The average molecular weight is 264 g/mol. The fourth-order valence-electron chi connectivity index (χ4n) is 1.76. The molecule has 1 saturated heterocycles. The quantitative estimate of drug-likeness (QED) is 0.657. The standard InChI is InChI=1S/C12H16N4OS/c1-3-4-7-16-11(17)10(14-12(16)18)8-9-5-6-13-15(9)2/h5-6,8H,3-4,7H2,1-2H3,(H,14,18)/b10-8+. The summed E-state index contributed by atoms with van der Waals surface area (Å²) in [6.07, 6.45) is 5.45. The van der Waals surface area contributed by atoms with Gasteiger partial charge in [0.25, 0.3) is 5.91 Å². The van der Waals surface area contributed by atoms with Gasteiger partial charge in [0.1, 0.15) is 5.70 Å². The fourth-order valence-corrected chi connectivity index (χ4v) is 2.05. The van der Waals surface area contributed by atoms with Gasteiger partial charge in [-0.3, -0.25) is 14.4 Å². The van der Waals surface area contributed by atoms with Gasteiger partial charge in [0, 0.05) is 19.8 Å². The second kappa shape index (κ2) is 5.30. The summed E-state index contributed by atoms with van der Waals surface area (Å²) in [5, 5.41) is 7.50. The highest BCUT2D eigenvalue weighted by Gasteiger charge is 2.29. The van der Waals surface area contributed by atoms with Gasteiger partial charge < -0.3 is 5.32 Å². The first-order chi connectivity index (χ1) is 8.63. The number of amides is 1. The monoisotopic (exact) mass is 264 g/mol. The van der Waals surface area contributed by atoms with Crippen molar-refractivity contribution in [1.29, 1.82) is 0 Å². The lowest BCUT2D eigenvalue weighted by molar-refractivity contribution is -0.122. The number of hydrogen-bond acceptors (Lipinski definition) is 3. The highest BCUT2D eigenvalue weighted by atomic mass is 32.1. The van der Waals surface area contributed by atoms with Gasteiger partial charge in [0.2, 0.25) is 0 Å². The molecule has 0 saturated carbocycles. The van der Waals surface area contributed by atoms with E-state index in [2.05, 4.69) is 17.3 Å². The van der Waals surface area contributed by atoms with E-state index in [4.69, 9.17) is 12.2 Å². The number of rotatable bonds is 4. The van der Waals surface area contributed by atoms with Crippen LogP contribution in [0.2, 0.25) is 0 Å². The lowest BCUT2D eigenvalue weighted by atomic mass is 10.3. The third-order valence-electron chi connectivity index (χ3n) is 2.85. The highest BCUT2D eigenvalue weighted by molar-refractivity contribution is 7.80. The van der Waals surface area contributed by atoms with Crippen LogP contribution in [0.15, 0.2) is 18.0 Å². The zero-order chi connectivity index (χ0) is 13.1. The normalized spacial score (nSPS) is 17.7. The van der Waals surface area contributed by atoms with Crippen molar-refractivity contribution in [1.82, 2.24) is 20.0 Å². The van der Waals surface area contributed by atoms with E-state index in [1.165, 1.54) is 0 Å². The maximum atomic E-state index is 12.1. The van der Waals surface area contributed by atoms with Gasteiger partial charge >= 0.3 is 0 Å². The molecule has 0 spiro atoms. The fraction of sp³-hybridized carbons (Fsp3) is 0.417. The van der Waals surface area contributed by atoms with Gasteiger partial charge in [-0.15, -0.1) is 0 Å². The molecule has 0 aliphatic carbocycles. The third kappa shape index (κ3) is 2.43. The molecule has 1 aromatic heterocycles. The summed E-state index contributed by atoms with van der Waals surface area (Å²) in [6.45, 7) is 2.76. The first-order valence-corrected chi connectivity index (χ1v) is 6.37. The lowest BCUT2D eigenvalue weighted by Gasteiger charge is -2.12. The highest BCUT2D eigenvalue weighted by Crippen LogP contribution is 2.14. The number of thiocarbonyl (C=S) groups is 1. The van der Waals surface area contributed by atoms with E-state index in [0.717, 1.165) is 18.5 Å². The number of carbonyl (C=O) groups is 1. The van der Waals surface area contributed by atoms with Crippen molar-refractivity contribution in [2.45, 2.75) is 19.8 Å². The Bertz CT molecular complexity index is 506. The van der Waals surface area contributed by atoms with Crippen LogP contribution in [0.3, 0.4) is 0 Å². The second-order valence-electron chi connectivity index (χ2n) is 4.18. The average Bonchev–Trinajstić information content (AvgIpc) is 2.84. The maximum Gasteiger partial charge on any atom is 0.276 e. The Labute approximate surface area is 111 Å². The van der Waals surface area contributed by atoms with Crippen molar-refractivity contribution in [3.8, 4) is 0 Å². The smallest absolute Gasteiger partial charge is 0.276 e. The zero-order valence-electron chi connectivity index (χ0n) is 10.5. The Balaban J connectivity index is 2.17. The van der Waals surface area contributed by atoms with Crippen LogP contribution in [0, 0.1) is 0 Å². The molecule has 1 aliphatic rings. The van der Waals surface area contributed by atoms with E-state index in [1.807, 2.05) is 13.1 Å². The number of unbranched alkanes of at least 4 members (excludes halogenated alkanes) is 1. The molecule has 1 aromatic rings. The van der Waals surface area contributed by atoms with Gasteiger partial charge in [-0.1, -0.05) is 13.3 Å². The van der Waals surface area contributed by atoms with E-state index in [-0.39, 0.29) is 5.91 Å². The summed E-state index contributed by atoms with van der Waals surface area (Å²) in [7, 11) is 1.83.